The Morgan fingerprint density at radius 1 is 1.38 bits per heavy atom. The Kier molecular flexibility index (Phi) is 3.17. The summed E-state index contributed by atoms with van der Waals surface area (Å²) in [7, 11) is 1.88. The molecule has 0 atom stereocenters. The van der Waals surface area contributed by atoms with Crippen molar-refractivity contribution in [3.8, 4) is 0 Å². The molecule has 3 rings (SSSR count). The van der Waals surface area contributed by atoms with Crippen LogP contribution in [0.3, 0.4) is 0 Å². The van der Waals surface area contributed by atoms with Crippen LogP contribution in [-0.4, -0.2) is 30.1 Å². The highest BCUT2D eigenvalue weighted by molar-refractivity contribution is 5.94. The lowest BCUT2D eigenvalue weighted by atomic mass is 10.2. The first kappa shape index (κ1) is 13.3. The fourth-order valence-electron chi connectivity index (χ4n) is 2.25. The highest BCUT2D eigenvalue weighted by Gasteiger charge is 2.17. The van der Waals surface area contributed by atoms with Crippen molar-refractivity contribution in [2.24, 2.45) is 7.05 Å². The van der Waals surface area contributed by atoms with Gasteiger partial charge in [0.15, 0.2) is 0 Å². The number of carbonyl (C=O) groups excluding carboxylic acids is 1. The van der Waals surface area contributed by atoms with Gasteiger partial charge in [-0.05, 0) is 19.9 Å². The molecular weight excluding hydrogens is 268 g/mol. The first-order valence-corrected chi connectivity index (χ1v) is 6.63. The molecule has 1 amide bonds. The molecule has 108 valence electrons. The summed E-state index contributed by atoms with van der Waals surface area (Å²) in [4.78, 5) is 20.8. The van der Waals surface area contributed by atoms with Gasteiger partial charge in [-0.3, -0.25) is 13.9 Å². The van der Waals surface area contributed by atoms with Crippen LogP contribution in [0.15, 0.2) is 24.7 Å². The molecule has 0 aromatic carbocycles. The Hall–Kier alpha value is -2.70. The molecule has 3 heterocycles. The van der Waals surface area contributed by atoms with Crippen LogP contribution < -0.4 is 5.32 Å². The molecule has 0 aliphatic rings. The van der Waals surface area contributed by atoms with Crippen molar-refractivity contribution in [3.05, 3.63) is 47.3 Å². The lowest BCUT2D eigenvalue weighted by molar-refractivity contribution is 0.0944. The van der Waals surface area contributed by atoms with Crippen LogP contribution in [0.4, 0.5) is 0 Å². The van der Waals surface area contributed by atoms with E-state index in [-0.39, 0.29) is 5.91 Å². The summed E-state index contributed by atoms with van der Waals surface area (Å²) in [6, 6.07) is 1.77. The highest BCUT2D eigenvalue weighted by Crippen LogP contribution is 2.11. The molecule has 0 unspecified atom stereocenters. The summed E-state index contributed by atoms with van der Waals surface area (Å²) >= 11 is 0. The van der Waals surface area contributed by atoms with E-state index in [0.29, 0.717) is 23.7 Å². The first-order chi connectivity index (χ1) is 10.1. The van der Waals surface area contributed by atoms with Crippen molar-refractivity contribution in [2.45, 2.75) is 20.4 Å². The minimum atomic E-state index is -0.170. The van der Waals surface area contributed by atoms with E-state index < -0.39 is 0 Å². The van der Waals surface area contributed by atoms with Gasteiger partial charge in [-0.1, -0.05) is 0 Å². The van der Waals surface area contributed by atoms with E-state index in [1.165, 1.54) is 0 Å². The molecule has 7 nitrogen and oxygen atoms in total. The standard InChI is InChI=1S/C14H16N6O/c1-9-12(20-6-4-5-15-14(20)18-9)13(21)16-7-11-8-17-19(3)10(11)2/h4-6,8H,7H2,1-3H3,(H,16,21). The lowest BCUT2D eigenvalue weighted by Gasteiger charge is -2.05. The van der Waals surface area contributed by atoms with Gasteiger partial charge in [0.2, 0.25) is 5.78 Å². The van der Waals surface area contributed by atoms with Crippen LogP contribution in [0.5, 0.6) is 0 Å². The van der Waals surface area contributed by atoms with E-state index in [1.54, 1.807) is 40.7 Å². The van der Waals surface area contributed by atoms with Crippen LogP contribution in [0.1, 0.15) is 27.4 Å². The number of rotatable bonds is 3. The van der Waals surface area contributed by atoms with E-state index in [1.807, 2.05) is 14.0 Å². The normalized spacial score (nSPS) is 11.0. The maximum absolute atomic E-state index is 12.4. The Balaban J connectivity index is 1.84. The zero-order chi connectivity index (χ0) is 15.0. The summed E-state index contributed by atoms with van der Waals surface area (Å²) < 4.78 is 3.48. The van der Waals surface area contributed by atoms with E-state index in [0.717, 1.165) is 11.3 Å². The number of nitrogens with one attached hydrogen (secondary N) is 1. The van der Waals surface area contributed by atoms with Gasteiger partial charge in [0.25, 0.3) is 5.91 Å². The number of carbonyl (C=O) groups is 1. The average Bonchev–Trinajstić information content (AvgIpc) is 2.97. The molecule has 1 N–H and O–H groups in total. The first-order valence-electron chi connectivity index (χ1n) is 6.63. The smallest absolute Gasteiger partial charge is 0.270 e. The molecule has 7 heteroatoms. The Labute approximate surface area is 121 Å². The SMILES string of the molecule is Cc1nc2ncccn2c1C(=O)NCc1cnn(C)c1C. The monoisotopic (exact) mass is 284 g/mol. The van der Waals surface area contributed by atoms with Crippen molar-refractivity contribution < 1.29 is 4.79 Å². The number of hydrogen-bond acceptors (Lipinski definition) is 4. The predicted molar refractivity (Wildman–Crippen MR) is 76.8 cm³/mol. The van der Waals surface area contributed by atoms with Crippen molar-refractivity contribution in [3.63, 3.8) is 0 Å². The maximum atomic E-state index is 12.4. The second kappa shape index (κ2) is 5.01. The molecular formula is C14H16N6O. The Morgan fingerprint density at radius 3 is 2.90 bits per heavy atom. The molecule has 0 spiro atoms. The largest absolute Gasteiger partial charge is 0.346 e. The number of imidazole rings is 1. The molecule has 0 aliphatic carbocycles. The minimum Gasteiger partial charge on any atom is -0.346 e. The van der Waals surface area contributed by atoms with Crippen molar-refractivity contribution in [1.29, 1.82) is 0 Å². The summed E-state index contributed by atoms with van der Waals surface area (Å²) in [5, 5.41) is 7.07. The van der Waals surface area contributed by atoms with Crippen molar-refractivity contribution >= 4 is 11.7 Å². The number of amides is 1. The molecule has 0 saturated carbocycles. The molecule has 0 fully saturated rings. The predicted octanol–water partition coefficient (Wildman–Crippen LogP) is 1.01. The minimum absolute atomic E-state index is 0.170. The average molecular weight is 284 g/mol. The van der Waals surface area contributed by atoms with Gasteiger partial charge in [0.05, 0.1) is 11.9 Å². The van der Waals surface area contributed by atoms with E-state index >= 15 is 0 Å². The van der Waals surface area contributed by atoms with Gasteiger partial charge < -0.3 is 5.32 Å². The quantitative estimate of drug-likeness (QED) is 0.778. The van der Waals surface area contributed by atoms with Crippen LogP contribution in [0.25, 0.3) is 5.78 Å². The third kappa shape index (κ3) is 2.26. The van der Waals surface area contributed by atoms with Crippen LogP contribution in [0, 0.1) is 13.8 Å². The molecule has 3 aromatic heterocycles. The maximum Gasteiger partial charge on any atom is 0.270 e. The van der Waals surface area contributed by atoms with Crippen LogP contribution in [0.2, 0.25) is 0 Å². The highest BCUT2D eigenvalue weighted by atomic mass is 16.1. The van der Waals surface area contributed by atoms with E-state index in [9.17, 15) is 4.79 Å². The third-order valence-electron chi connectivity index (χ3n) is 3.57. The molecule has 3 aromatic rings. The zero-order valence-corrected chi connectivity index (χ0v) is 12.2. The molecule has 0 saturated heterocycles. The van der Waals surface area contributed by atoms with Crippen molar-refractivity contribution in [2.75, 3.05) is 0 Å². The second-order valence-corrected chi connectivity index (χ2v) is 4.90. The topological polar surface area (TPSA) is 77.1 Å². The van der Waals surface area contributed by atoms with Gasteiger partial charge in [0.1, 0.15) is 5.69 Å². The number of aryl methyl sites for hydroxylation is 2. The number of hydrogen-bond donors (Lipinski definition) is 1. The van der Waals surface area contributed by atoms with Gasteiger partial charge in [-0.25, -0.2) is 9.97 Å². The summed E-state index contributed by atoms with van der Waals surface area (Å²) in [5.74, 6) is 0.356. The van der Waals surface area contributed by atoms with Crippen molar-refractivity contribution in [1.82, 2.24) is 29.5 Å². The summed E-state index contributed by atoms with van der Waals surface area (Å²) in [6.07, 6.45) is 5.20. The molecule has 0 radical (unpaired) electrons. The number of nitrogens with zero attached hydrogens (tertiary/aromatic N) is 5. The number of fused-ring (bicyclic) bond motifs is 1. The summed E-state index contributed by atoms with van der Waals surface area (Å²) in [5.41, 5.74) is 3.20. The van der Waals surface area contributed by atoms with Gasteiger partial charge >= 0.3 is 0 Å². The van der Waals surface area contributed by atoms with Crippen LogP contribution >= 0.6 is 0 Å². The van der Waals surface area contributed by atoms with Gasteiger partial charge in [-0.2, -0.15) is 5.10 Å². The zero-order valence-electron chi connectivity index (χ0n) is 12.2. The fraction of sp³-hybridized carbons (Fsp3) is 0.286. The van der Waals surface area contributed by atoms with E-state index in [4.69, 9.17) is 0 Å². The second-order valence-electron chi connectivity index (χ2n) is 4.90. The molecule has 0 aliphatic heterocycles. The van der Waals surface area contributed by atoms with Gasteiger partial charge in [0, 0.05) is 37.2 Å². The molecule has 21 heavy (non-hydrogen) atoms. The third-order valence-corrected chi connectivity index (χ3v) is 3.57. The lowest BCUT2D eigenvalue weighted by Crippen LogP contribution is -2.25. The summed E-state index contributed by atoms with van der Waals surface area (Å²) in [6.45, 7) is 4.21. The Bertz CT molecular complexity index is 816. The van der Waals surface area contributed by atoms with Crippen LogP contribution in [-0.2, 0) is 13.6 Å². The number of aromatic nitrogens is 5. The Morgan fingerprint density at radius 2 is 2.19 bits per heavy atom. The fourth-order valence-corrected chi connectivity index (χ4v) is 2.25. The van der Waals surface area contributed by atoms with E-state index in [2.05, 4.69) is 20.4 Å². The molecule has 0 bridgehead atoms. The van der Waals surface area contributed by atoms with Gasteiger partial charge in [-0.15, -0.1) is 0 Å².